The van der Waals surface area contributed by atoms with E-state index in [1.807, 2.05) is 13.8 Å². The van der Waals surface area contributed by atoms with Crippen molar-refractivity contribution in [3.8, 4) is 0 Å². The van der Waals surface area contributed by atoms with Crippen molar-refractivity contribution < 1.29 is 19.4 Å². The zero-order valence-electron chi connectivity index (χ0n) is 12.7. The largest absolute Gasteiger partial charge is 0.479 e. The summed E-state index contributed by atoms with van der Waals surface area (Å²) in [6, 6.07) is 0. The van der Waals surface area contributed by atoms with Crippen molar-refractivity contribution in [2.24, 2.45) is 0 Å². The van der Waals surface area contributed by atoms with E-state index in [2.05, 4.69) is 15.5 Å². The molecule has 2 fully saturated rings. The predicted octanol–water partition coefficient (Wildman–Crippen LogP) is -0.581. The third kappa shape index (κ3) is 3.93. The fourth-order valence-electron chi connectivity index (χ4n) is 2.83. The van der Waals surface area contributed by atoms with Gasteiger partial charge in [-0.15, -0.1) is 0 Å². The quantitative estimate of drug-likeness (QED) is 0.629. The molecule has 2 aliphatic heterocycles. The van der Waals surface area contributed by atoms with Crippen molar-refractivity contribution in [3.05, 3.63) is 0 Å². The number of aliphatic carboxylic acids is 1. The second-order valence-corrected chi connectivity index (χ2v) is 6.17. The third-order valence-corrected chi connectivity index (χ3v) is 4.34. The number of carboxylic acids is 1. The summed E-state index contributed by atoms with van der Waals surface area (Å²) in [5.74, 6) is -0.961. The van der Waals surface area contributed by atoms with E-state index in [-0.39, 0.29) is 12.0 Å². The molecule has 21 heavy (non-hydrogen) atoms. The van der Waals surface area contributed by atoms with Gasteiger partial charge in [-0.2, -0.15) is 0 Å². The third-order valence-electron chi connectivity index (χ3n) is 4.34. The first kappa shape index (κ1) is 16.2. The van der Waals surface area contributed by atoms with Gasteiger partial charge in [-0.3, -0.25) is 9.69 Å². The molecule has 0 bridgehead atoms. The van der Waals surface area contributed by atoms with Crippen LogP contribution in [-0.2, 0) is 14.3 Å². The Balaban J connectivity index is 1.79. The van der Waals surface area contributed by atoms with Crippen LogP contribution in [0.2, 0.25) is 0 Å². The highest BCUT2D eigenvalue weighted by Crippen LogP contribution is 2.20. The number of piperazine rings is 1. The lowest BCUT2D eigenvalue weighted by atomic mass is 10.0. The lowest BCUT2D eigenvalue weighted by molar-refractivity contribution is -0.149. The molecule has 1 amide bonds. The van der Waals surface area contributed by atoms with Gasteiger partial charge in [0.1, 0.15) is 0 Å². The molecule has 2 aliphatic rings. The number of amides is 1. The number of carbonyl (C=O) groups excluding carboxylic acids is 1. The van der Waals surface area contributed by atoms with Crippen molar-refractivity contribution in [3.63, 3.8) is 0 Å². The summed E-state index contributed by atoms with van der Waals surface area (Å²) in [5.41, 5.74) is -0.563. The number of hydrogen-bond acceptors (Lipinski definition) is 5. The Morgan fingerprint density at radius 1 is 1.33 bits per heavy atom. The van der Waals surface area contributed by atoms with Gasteiger partial charge in [0.25, 0.3) is 0 Å². The second kappa shape index (κ2) is 6.72. The molecule has 120 valence electrons. The molecule has 3 N–H and O–H groups in total. The summed E-state index contributed by atoms with van der Waals surface area (Å²) in [7, 11) is 0. The minimum Gasteiger partial charge on any atom is -0.479 e. The van der Waals surface area contributed by atoms with Gasteiger partial charge in [0, 0.05) is 32.7 Å². The maximum absolute atomic E-state index is 12.4. The smallest absolute Gasteiger partial charge is 0.332 e. The van der Waals surface area contributed by atoms with Crippen LogP contribution in [0, 0.1) is 0 Å². The van der Waals surface area contributed by atoms with Gasteiger partial charge in [-0.1, -0.05) is 0 Å². The first-order chi connectivity index (χ1) is 9.91. The van der Waals surface area contributed by atoms with Gasteiger partial charge in [-0.05, 0) is 26.7 Å². The minimum absolute atomic E-state index is 0.0354. The van der Waals surface area contributed by atoms with Crippen LogP contribution in [0.25, 0.3) is 0 Å². The zero-order valence-corrected chi connectivity index (χ0v) is 12.7. The molecular weight excluding hydrogens is 274 g/mol. The van der Waals surface area contributed by atoms with Gasteiger partial charge in [-0.25, -0.2) is 4.79 Å². The molecule has 2 unspecified atom stereocenters. The Kier molecular flexibility index (Phi) is 5.18. The van der Waals surface area contributed by atoms with Crippen LogP contribution in [-0.4, -0.2) is 72.4 Å². The molecule has 0 radical (unpaired) electrons. The normalized spacial score (nSPS) is 27.5. The van der Waals surface area contributed by atoms with Gasteiger partial charge < -0.3 is 20.5 Å². The lowest BCUT2D eigenvalue weighted by Gasteiger charge is -2.39. The fraction of sp³-hybridized carbons (Fsp3) is 0.857. The van der Waals surface area contributed by atoms with Crippen LogP contribution in [0.3, 0.4) is 0 Å². The number of carbonyl (C=O) groups is 2. The van der Waals surface area contributed by atoms with Crippen LogP contribution in [0.5, 0.6) is 0 Å². The average molecular weight is 299 g/mol. The first-order valence-corrected chi connectivity index (χ1v) is 7.53. The molecule has 0 saturated carbocycles. The SMILES string of the molecule is CC(C)(C(=O)NCC1CCC(C(=O)O)O1)N1CCNCC1. The molecule has 2 rings (SSSR count). The molecule has 0 spiro atoms. The first-order valence-electron chi connectivity index (χ1n) is 7.53. The summed E-state index contributed by atoms with van der Waals surface area (Å²) in [5, 5.41) is 15.1. The van der Waals surface area contributed by atoms with E-state index < -0.39 is 17.6 Å². The number of rotatable bonds is 5. The van der Waals surface area contributed by atoms with Crippen molar-refractivity contribution in [1.29, 1.82) is 0 Å². The van der Waals surface area contributed by atoms with Gasteiger partial charge >= 0.3 is 5.97 Å². The van der Waals surface area contributed by atoms with Crippen LogP contribution in [0.15, 0.2) is 0 Å². The number of nitrogens with one attached hydrogen (secondary N) is 2. The molecule has 2 atom stereocenters. The van der Waals surface area contributed by atoms with E-state index in [1.165, 1.54) is 0 Å². The Labute approximate surface area is 125 Å². The molecule has 2 heterocycles. The van der Waals surface area contributed by atoms with E-state index in [4.69, 9.17) is 9.84 Å². The highest BCUT2D eigenvalue weighted by atomic mass is 16.5. The predicted molar refractivity (Wildman–Crippen MR) is 77.1 cm³/mol. The van der Waals surface area contributed by atoms with Crippen LogP contribution >= 0.6 is 0 Å². The molecule has 0 aliphatic carbocycles. The summed E-state index contributed by atoms with van der Waals surface area (Å²) in [6.45, 7) is 7.69. The highest BCUT2D eigenvalue weighted by Gasteiger charge is 2.36. The van der Waals surface area contributed by atoms with Gasteiger partial charge in [0.15, 0.2) is 6.10 Å². The van der Waals surface area contributed by atoms with Gasteiger partial charge in [0.2, 0.25) is 5.91 Å². The molecule has 7 heteroatoms. The topological polar surface area (TPSA) is 90.9 Å². The van der Waals surface area contributed by atoms with Crippen molar-refractivity contribution in [2.45, 2.75) is 44.4 Å². The molecule has 0 aromatic rings. The van der Waals surface area contributed by atoms with E-state index >= 15 is 0 Å². The van der Waals surface area contributed by atoms with Crippen molar-refractivity contribution in [2.75, 3.05) is 32.7 Å². The van der Waals surface area contributed by atoms with Crippen molar-refractivity contribution >= 4 is 11.9 Å². The summed E-state index contributed by atoms with van der Waals surface area (Å²) < 4.78 is 5.39. The summed E-state index contributed by atoms with van der Waals surface area (Å²) in [6.07, 6.45) is 0.254. The van der Waals surface area contributed by atoms with E-state index in [0.717, 1.165) is 26.2 Å². The van der Waals surface area contributed by atoms with Crippen LogP contribution < -0.4 is 10.6 Å². The Bertz CT molecular complexity index is 394. The monoisotopic (exact) mass is 299 g/mol. The molecule has 0 aromatic heterocycles. The number of ether oxygens (including phenoxy) is 1. The average Bonchev–Trinajstić information content (AvgIpc) is 2.94. The minimum atomic E-state index is -0.926. The molecular formula is C14H25N3O4. The molecule has 7 nitrogen and oxygen atoms in total. The van der Waals surface area contributed by atoms with Crippen LogP contribution in [0.1, 0.15) is 26.7 Å². The van der Waals surface area contributed by atoms with Gasteiger partial charge in [0.05, 0.1) is 11.6 Å². The van der Waals surface area contributed by atoms with E-state index in [9.17, 15) is 9.59 Å². The van der Waals surface area contributed by atoms with Crippen LogP contribution in [0.4, 0.5) is 0 Å². The van der Waals surface area contributed by atoms with E-state index in [1.54, 1.807) is 0 Å². The number of nitrogens with zero attached hydrogens (tertiary/aromatic N) is 1. The summed E-state index contributed by atoms with van der Waals surface area (Å²) >= 11 is 0. The van der Waals surface area contributed by atoms with Crippen molar-refractivity contribution in [1.82, 2.24) is 15.5 Å². The lowest BCUT2D eigenvalue weighted by Crippen LogP contribution is -2.60. The second-order valence-electron chi connectivity index (χ2n) is 6.17. The summed E-state index contributed by atoms with van der Waals surface area (Å²) in [4.78, 5) is 25.4. The maximum atomic E-state index is 12.4. The van der Waals surface area contributed by atoms with E-state index in [0.29, 0.717) is 19.4 Å². The number of carboxylic acid groups (broad SMARTS) is 1. The Hall–Kier alpha value is -1.18. The number of hydrogen-bond donors (Lipinski definition) is 3. The molecule has 0 aromatic carbocycles. The Morgan fingerprint density at radius 3 is 2.57 bits per heavy atom. The fourth-order valence-corrected chi connectivity index (χ4v) is 2.83. The maximum Gasteiger partial charge on any atom is 0.332 e. The Morgan fingerprint density at radius 2 is 2.00 bits per heavy atom. The highest BCUT2D eigenvalue weighted by molar-refractivity contribution is 5.85. The zero-order chi connectivity index (χ0) is 15.5. The molecule has 2 saturated heterocycles. The standard InChI is InChI=1S/C14H25N3O4/c1-14(2,17-7-5-15-6-8-17)13(20)16-9-10-3-4-11(21-10)12(18)19/h10-11,15H,3-9H2,1-2H3,(H,16,20)(H,18,19).